The van der Waals surface area contributed by atoms with Crippen LogP contribution in [0.25, 0.3) is 0 Å². The van der Waals surface area contributed by atoms with Crippen molar-refractivity contribution in [2.75, 3.05) is 13.2 Å². The van der Waals surface area contributed by atoms with Crippen LogP contribution < -0.4 is 0 Å². The highest BCUT2D eigenvalue weighted by molar-refractivity contribution is 6.01. The van der Waals surface area contributed by atoms with Gasteiger partial charge in [-0.2, -0.15) is 0 Å². The van der Waals surface area contributed by atoms with Crippen LogP contribution >= 0.6 is 0 Å². The number of aliphatic hydroxyl groups is 1. The van der Waals surface area contributed by atoms with Crippen molar-refractivity contribution in [2.24, 2.45) is 0 Å². The maximum Gasteiger partial charge on any atom is 0.531 e. The highest BCUT2D eigenvalue weighted by Gasteiger charge is 2.32. The van der Waals surface area contributed by atoms with Crippen LogP contribution in [0.5, 0.6) is 0 Å². The number of ether oxygens (including phenoxy) is 1. The van der Waals surface area contributed by atoms with Gasteiger partial charge in [0, 0.05) is 26.1 Å². The first-order chi connectivity index (χ1) is 8.50. The Hall–Kier alpha value is -1.67. The number of carbonyl (C=O) groups is 3. The summed E-state index contributed by atoms with van der Waals surface area (Å²) >= 11 is 0. The van der Waals surface area contributed by atoms with Gasteiger partial charge in [0.25, 0.3) is 11.8 Å². The molecule has 8 nitrogen and oxygen atoms in total. The van der Waals surface area contributed by atoms with Crippen LogP contribution in [0.1, 0.15) is 25.7 Å². The molecule has 2 amide bonds. The van der Waals surface area contributed by atoms with Crippen molar-refractivity contribution < 1.29 is 34.2 Å². The second-order valence-electron chi connectivity index (χ2n) is 3.78. The number of imide groups is 1. The van der Waals surface area contributed by atoms with Crippen molar-refractivity contribution in [1.29, 1.82) is 0 Å². The number of hydroxylamine groups is 2. The molecule has 0 bridgehead atoms. The van der Waals surface area contributed by atoms with Crippen molar-refractivity contribution in [1.82, 2.24) is 5.06 Å². The fraction of sp³-hybridized carbons (Fsp3) is 0.700. The van der Waals surface area contributed by atoms with Gasteiger partial charge in [-0.05, 0) is 12.8 Å². The molecule has 2 heterocycles. The van der Waals surface area contributed by atoms with Crippen molar-refractivity contribution in [3.05, 3.63) is 0 Å². The molecule has 0 aromatic carbocycles. The maximum absolute atomic E-state index is 10.6. The summed E-state index contributed by atoms with van der Waals surface area (Å²) in [5, 5.41) is 17.1. The number of amides is 2. The molecule has 0 saturated carbocycles. The van der Waals surface area contributed by atoms with Crippen molar-refractivity contribution in [2.45, 2.75) is 31.8 Å². The largest absolute Gasteiger partial charge is 0.531 e. The lowest BCUT2D eigenvalue weighted by Crippen LogP contribution is -2.31. The predicted octanol–water partition coefficient (Wildman–Crippen LogP) is -0.0973. The van der Waals surface area contributed by atoms with Crippen molar-refractivity contribution in [3.63, 3.8) is 0 Å². The van der Waals surface area contributed by atoms with Gasteiger partial charge in [-0.25, -0.2) is 4.79 Å². The Balaban J connectivity index is 0.000000199. The number of nitrogens with zero attached hydrogens (tertiary/aromatic N) is 1. The number of rotatable bonds is 1. The molecule has 0 atom stereocenters. The maximum atomic E-state index is 10.6. The molecule has 102 valence electrons. The van der Waals surface area contributed by atoms with E-state index in [0.717, 1.165) is 26.1 Å². The molecular formula is C10H15NO7. The monoisotopic (exact) mass is 261 g/mol. The molecule has 2 rings (SSSR count). The Bertz CT molecular complexity index is 308. The molecule has 0 aliphatic carbocycles. The average Bonchev–Trinajstić information content (AvgIpc) is 2.62. The lowest BCUT2D eigenvalue weighted by molar-refractivity contribution is -0.175. The van der Waals surface area contributed by atoms with Gasteiger partial charge in [0.15, 0.2) is 0 Å². The molecule has 0 aromatic heterocycles. The van der Waals surface area contributed by atoms with Crippen LogP contribution in [0, 0.1) is 0 Å². The summed E-state index contributed by atoms with van der Waals surface area (Å²) < 4.78 is 4.98. The van der Waals surface area contributed by atoms with E-state index in [0.29, 0.717) is 0 Å². The number of hydrogen-bond acceptors (Lipinski definition) is 6. The Kier molecular flexibility index (Phi) is 5.53. The minimum absolute atomic E-state index is 0.0200. The van der Waals surface area contributed by atoms with E-state index in [1.165, 1.54) is 0 Å². The van der Waals surface area contributed by atoms with E-state index in [-0.39, 0.29) is 24.0 Å². The Morgan fingerprint density at radius 3 is 2.06 bits per heavy atom. The van der Waals surface area contributed by atoms with E-state index in [1.807, 2.05) is 0 Å². The lowest BCUT2D eigenvalue weighted by Gasteiger charge is -2.15. The molecule has 2 N–H and O–H groups in total. The van der Waals surface area contributed by atoms with Gasteiger partial charge in [0.2, 0.25) is 0 Å². The van der Waals surface area contributed by atoms with Gasteiger partial charge in [0.05, 0.1) is 6.10 Å². The van der Waals surface area contributed by atoms with Crippen LogP contribution in [0.3, 0.4) is 0 Å². The summed E-state index contributed by atoms with van der Waals surface area (Å²) in [5.41, 5.74) is 0. The molecule has 0 aromatic rings. The Labute approximate surface area is 103 Å². The van der Waals surface area contributed by atoms with Crippen molar-refractivity contribution >= 4 is 18.0 Å². The highest BCUT2D eigenvalue weighted by Crippen LogP contribution is 2.11. The zero-order valence-corrected chi connectivity index (χ0v) is 9.70. The third kappa shape index (κ3) is 4.68. The fourth-order valence-electron chi connectivity index (χ4n) is 1.42. The van der Waals surface area contributed by atoms with E-state index in [1.54, 1.807) is 0 Å². The summed E-state index contributed by atoms with van der Waals surface area (Å²) in [7, 11) is 0. The third-order valence-electron chi connectivity index (χ3n) is 2.37. The minimum Gasteiger partial charge on any atom is -0.448 e. The normalized spacial score (nSPS) is 20.4. The zero-order valence-electron chi connectivity index (χ0n) is 9.70. The first kappa shape index (κ1) is 14.4. The standard InChI is InChI=1S/C5H5NO5.C5H10O2/c7-3-1-2-4(8)6(3)11-5(9)10;6-5-1-3-7-4-2-5/h1-2H2,(H,9,10);5-6H,1-4H2. The molecule has 0 spiro atoms. The molecule has 0 unspecified atom stereocenters. The van der Waals surface area contributed by atoms with Gasteiger partial charge in [-0.1, -0.05) is 5.06 Å². The topological polar surface area (TPSA) is 113 Å². The first-order valence-corrected chi connectivity index (χ1v) is 5.53. The summed E-state index contributed by atoms with van der Waals surface area (Å²) in [6, 6.07) is 0. The number of carbonyl (C=O) groups excluding carboxylic acids is 2. The second kappa shape index (κ2) is 6.92. The highest BCUT2D eigenvalue weighted by atomic mass is 16.8. The van der Waals surface area contributed by atoms with Gasteiger partial charge in [-0.3, -0.25) is 14.4 Å². The van der Waals surface area contributed by atoms with E-state index in [9.17, 15) is 14.4 Å². The number of aliphatic hydroxyl groups excluding tert-OH is 1. The van der Waals surface area contributed by atoms with E-state index >= 15 is 0 Å². The lowest BCUT2D eigenvalue weighted by atomic mass is 10.2. The Morgan fingerprint density at radius 1 is 1.22 bits per heavy atom. The summed E-state index contributed by atoms with van der Waals surface area (Å²) in [5.74, 6) is -1.23. The summed E-state index contributed by atoms with van der Waals surface area (Å²) in [4.78, 5) is 35.0. The van der Waals surface area contributed by atoms with Crippen LogP contribution in [-0.2, 0) is 19.2 Å². The minimum atomic E-state index is -1.66. The van der Waals surface area contributed by atoms with Gasteiger partial charge < -0.3 is 14.9 Å². The quantitative estimate of drug-likeness (QED) is 0.633. The zero-order chi connectivity index (χ0) is 13.5. The molecular weight excluding hydrogens is 246 g/mol. The average molecular weight is 261 g/mol. The van der Waals surface area contributed by atoms with E-state index < -0.39 is 18.0 Å². The summed E-state index contributed by atoms with van der Waals surface area (Å²) in [6.45, 7) is 1.47. The third-order valence-corrected chi connectivity index (χ3v) is 2.37. The molecule has 2 fully saturated rings. The summed E-state index contributed by atoms with van der Waals surface area (Å²) in [6.07, 6.45) is -0.0690. The molecule has 2 saturated heterocycles. The van der Waals surface area contributed by atoms with Gasteiger partial charge in [0.1, 0.15) is 0 Å². The van der Waals surface area contributed by atoms with Crippen LogP contribution in [-0.4, -0.2) is 52.6 Å². The van der Waals surface area contributed by atoms with E-state index in [2.05, 4.69) is 4.84 Å². The van der Waals surface area contributed by atoms with Crippen LogP contribution in [0.4, 0.5) is 4.79 Å². The van der Waals surface area contributed by atoms with E-state index in [4.69, 9.17) is 14.9 Å². The second-order valence-corrected chi connectivity index (χ2v) is 3.78. The SMILES string of the molecule is O=C(O)ON1C(=O)CCC1=O.OC1CCOCC1. The van der Waals surface area contributed by atoms with Crippen LogP contribution in [0.2, 0.25) is 0 Å². The van der Waals surface area contributed by atoms with Crippen molar-refractivity contribution in [3.8, 4) is 0 Å². The van der Waals surface area contributed by atoms with Gasteiger partial charge >= 0.3 is 6.16 Å². The molecule has 2 aliphatic rings. The number of hydrogen-bond donors (Lipinski definition) is 2. The fourth-order valence-corrected chi connectivity index (χ4v) is 1.42. The molecule has 2 aliphatic heterocycles. The van der Waals surface area contributed by atoms with Crippen LogP contribution in [0.15, 0.2) is 0 Å². The predicted molar refractivity (Wildman–Crippen MR) is 56.3 cm³/mol. The van der Waals surface area contributed by atoms with Gasteiger partial charge in [-0.15, -0.1) is 0 Å². The molecule has 0 radical (unpaired) electrons. The molecule has 8 heteroatoms. The molecule has 18 heavy (non-hydrogen) atoms. The number of carboxylic acid groups (broad SMARTS) is 1. The first-order valence-electron chi connectivity index (χ1n) is 5.53. The Morgan fingerprint density at radius 2 is 1.72 bits per heavy atom. The smallest absolute Gasteiger partial charge is 0.448 e.